The highest BCUT2D eigenvalue weighted by molar-refractivity contribution is 5.87. The zero-order valence-corrected chi connectivity index (χ0v) is 14.3. The van der Waals surface area contributed by atoms with E-state index in [0.717, 1.165) is 30.5 Å². The second-order valence-electron chi connectivity index (χ2n) is 6.33. The number of nitrogens with zero attached hydrogens (tertiary/aromatic N) is 4. The van der Waals surface area contributed by atoms with E-state index >= 15 is 0 Å². The molecule has 3 rings (SSSR count). The number of fused-ring (bicyclic) bond motifs is 1. The second kappa shape index (κ2) is 5.92. The lowest BCUT2D eigenvalue weighted by molar-refractivity contribution is -0.113. The van der Waals surface area contributed by atoms with Crippen molar-refractivity contribution in [2.24, 2.45) is 5.41 Å². The van der Waals surface area contributed by atoms with Crippen LogP contribution in [0.25, 0.3) is 11.0 Å². The highest BCUT2D eigenvalue weighted by Gasteiger charge is 2.55. The molecule has 0 amide bonds. The predicted molar refractivity (Wildman–Crippen MR) is 92.4 cm³/mol. The molecule has 6 heteroatoms. The summed E-state index contributed by atoms with van der Waals surface area (Å²) in [5, 5.41) is 0.936. The molecular formula is C17H25N5O. The van der Waals surface area contributed by atoms with E-state index in [9.17, 15) is 0 Å². The van der Waals surface area contributed by atoms with Crippen LogP contribution in [-0.4, -0.2) is 41.3 Å². The van der Waals surface area contributed by atoms with Gasteiger partial charge in [-0.2, -0.15) is 0 Å². The predicted octanol–water partition coefficient (Wildman–Crippen LogP) is 2.64. The summed E-state index contributed by atoms with van der Waals surface area (Å²) in [6.45, 7) is 4.49. The molecule has 0 bridgehead atoms. The topological polar surface area (TPSA) is 77.2 Å². The third kappa shape index (κ3) is 2.32. The molecule has 6 nitrogen and oxygen atoms in total. The first kappa shape index (κ1) is 15.9. The van der Waals surface area contributed by atoms with Gasteiger partial charge in [0.05, 0.1) is 11.5 Å². The number of methoxy groups -OCH3 is 1. The monoisotopic (exact) mass is 315 g/mol. The Hall–Kier alpha value is -1.95. The van der Waals surface area contributed by atoms with Crippen LogP contribution in [0, 0.1) is 5.41 Å². The van der Waals surface area contributed by atoms with Crippen molar-refractivity contribution in [3.63, 3.8) is 0 Å². The number of hydrogen-bond acceptors (Lipinski definition) is 6. The summed E-state index contributed by atoms with van der Waals surface area (Å²) in [6.07, 6.45) is 5.07. The third-order valence-corrected chi connectivity index (χ3v) is 5.64. The van der Waals surface area contributed by atoms with Crippen LogP contribution in [0.5, 0.6) is 0 Å². The molecule has 0 aliphatic heterocycles. The van der Waals surface area contributed by atoms with Gasteiger partial charge < -0.3 is 15.4 Å². The molecule has 2 aromatic heterocycles. The fourth-order valence-corrected chi connectivity index (χ4v) is 4.15. The molecule has 1 saturated carbocycles. The summed E-state index contributed by atoms with van der Waals surface area (Å²) in [5.41, 5.74) is 6.58. The summed E-state index contributed by atoms with van der Waals surface area (Å²) >= 11 is 0. The largest absolute Gasteiger partial charge is 0.384 e. The van der Waals surface area contributed by atoms with Crippen LogP contribution >= 0.6 is 0 Å². The minimum atomic E-state index is 0.169. The first-order valence-corrected chi connectivity index (χ1v) is 8.20. The van der Waals surface area contributed by atoms with Gasteiger partial charge in [-0.15, -0.1) is 0 Å². The number of rotatable bonds is 5. The van der Waals surface area contributed by atoms with E-state index in [1.165, 1.54) is 0 Å². The van der Waals surface area contributed by atoms with Gasteiger partial charge in [0, 0.05) is 25.6 Å². The molecule has 2 atom stereocenters. The molecule has 0 saturated heterocycles. The van der Waals surface area contributed by atoms with Crippen molar-refractivity contribution in [3.8, 4) is 0 Å². The number of anilines is 2. The van der Waals surface area contributed by atoms with Crippen molar-refractivity contribution in [2.75, 3.05) is 24.8 Å². The lowest BCUT2D eigenvalue weighted by Gasteiger charge is -2.58. The van der Waals surface area contributed by atoms with E-state index in [4.69, 9.17) is 10.5 Å². The zero-order valence-electron chi connectivity index (χ0n) is 14.3. The Labute approximate surface area is 137 Å². The Morgan fingerprint density at radius 1 is 1.30 bits per heavy atom. The van der Waals surface area contributed by atoms with Crippen molar-refractivity contribution < 1.29 is 4.74 Å². The highest BCUT2D eigenvalue weighted by Crippen LogP contribution is 2.51. The van der Waals surface area contributed by atoms with Gasteiger partial charge >= 0.3 is 0 Å². The molecular weight excluding hydrogens is 290 g/mol. The molecule has 1 aliphatic carbocycles. The van der Waals surface area contributed by atoms with Crippen LogP contribution in [0.4, 0.5) is 11.6 Å². The zero-order chi connectivity index (χ0) is 16.6. The summed E-state index contributed by atoms with van der Waals surface area (Å²) < 4.78 is 5.72. The quantitative estimate of drug-likeness (QED) is 0.914. The van der Waals surface area contributed by atoms with Gasteiger partial charge in [-0.05, 0) is 31.4 Å². The molecule has 1 aliphatic rings. The molecule has 2 N–H and O–H groups in total. The minimum absolute atomic E-state index is 0.169. The lowest BCUT2D eigenvalue weighted by atomic mass is 9.58. The van der Waals surface area contributed by atoms with Crippen LogP contribution in [-0.2, 0) is 4.74 Å². The van der Waals surface area contributed by atoms with Gasteiger partial charge in [0.15, 0.2) is 5.65 Å². The number of hydrogen-bond donors (Lipinski definition) is 1. The summed E-state index contributed by atoms with van der Waals surface area (Å²) in [6, 6.07) is 4.16. The Balaban J connectivity index is 1.99. The molecule has 2 heterocycles. The first-order valence-electron chi connectivity index (χ1n) is 8.20. The average Bonchev–Trinajstić information content (AvgIpc) is 2.54. The Kier molecular flexibility index (Phi) is 4.10. The number of aromatic nitrogens is 3. The van der Waals surface area contributed by atoms with Gasteiger partial charge in [-0.1, -0.05) is 13.8 Å². The fourth-order valence-electron chi connectivity index (χ4n) is 4.15. The van der Waals surface area contributed by atoms with Crippen molar-refractivity contribution in [1.82, 2.24) is 15.0 Å². The molecule has 0 unspecified atom stereocenters. The lowest BCUT2D eigenvalue weighted by Crippen LogP contribution is -2.63. The standard InChI is InChI=1S/C17H25N5O/c1-5-17(6-2)12(9-13(17)23-4)22(3)16-11-7-8-14(18)21-15(11)19-10-20-16/h7-8,10,12-13H,5-6,9H2,1-4H3,(H2,18,19,20,21)/t12-,13-/m0/s1. The normalized spacial score (nSPS) is 22.8. The van der Waals surface area contributed by atoms with E-state index in [2.05, 4.69) is 40.7 Å². The number of pyridine rings is 1. The maximum absolute atomic E-state index is 5.77. The average molecular weight is 315 g/mol. The van der Waals surface area contributed by atoms with Crippen molar-refractivity contribution in [2.45, 2.75) is 45.3 Å². The van der Waals surface area contributed by atoms with Gasteiger partial charge in [0.25, 0.3) is 0 Å². The smallest absolute Gasteiger partial charge is 0.166 e. The molecule has 2 aromatic rings. The van der Waals surface area contributed by atoms with Crippen LogP contribution in [0.3, 0.4) is 0 Å². The third-order valence-electron chi connectivity index (χ3n) is 5.64. The van der Waals surface area contributed by atoms with E-state index in [-0.39, 0.29) is 5.41 Å². The molecule has 1 fully saturated rings. The van der Waals surface area contributed by atoms with E-state index in [0.29, 0.717) is 23.6 Å². The molecule has 124 valence electrons. The molecule has 0 spiro atoms. The Morgan fingerprint density at radius 2 is 2.04 bits per heavy atom. The fraction of sp³-hybridized carbons (Fsp3) is 0.588. The SMILES string of the molecule is CCC1(CC)[C@@H](OC)C[C@@H]1N(C)c1ncnc2nc(N)ccc12. The van der Waals surface area contributed by atoms with Crippen molar-refractivity contribution in [3.05, 3.63) is 18.5 Å². The van der Waals surface area contributed by atoms with E-state index < -0.39 is 0 Å². The molecule has 0 radical (unpaired) electrons. The van der Waals surface area contributed by atoms with Crippen LogP contribution in [0.2, 0.25) is 0 Å². The van der Waals surface area contributed by atoms with Gasteiger partial charge in [0.2, 0.25) is 0 Å². The second-order valence-corrected chi connectivity index (χ2v) is 6.33. The van der Waals surface area contributed by atoms with Gasteiger partial charge in [-0.3, -0.25) is 0 Å². The highest BCUT2D eigenvalue weighted by atomic mass is 16.5. The Bertz CT molecular complexity index is 700. The molecule has 23 heavy (non-hydrogen) atoms. The summed E-state index contributed by atoms with van der Waals surface area (Å²) in [7, 11) is 3.92. The number of nitrogens with two attached hydrogens (primary N) is 1. The van der Waals surface area contributed by atoms with Crippen LogP contribution < -0.4 is 10.6 Å². The number of nitrogen functional groups attached to an aromatic ring is 1. The van der Waals surface area contributed by atoms with Crippen LogP contribution in [0.15, 0.2) is 18.5 Å². The van der Waals surface area contributed by atoms with E-state index in [1.807, 2.05) is 13.2 Å². The van der Waals surface area contributed by atoms with Crippen molar-refractivity contribution >= 4 is 22.7 Å². The molecule has 0 aromatic carbocycles. The summed E-state index contributed by atoms with van der Waals surface area (Å²) in [4.78, 5) is 15.3. The first-order chi connectivity index (χ1) is 11.1. The van der Waals surface area contributed by atoms with Gasteiger partial charge in [-0.25, -0.2) is 15.0 Å². The number of ether oxygens (including phenoxy) is 1. The van der Waals surface area contributed by atoms with Crippen molar-refractivity contribution in [1.29, 1.82) is 0 Å². The minimum Gasteiger partial charge on any atom is -0.384 e. The maximum atomic E-state index is 5.77. The maximum Gasteiger partial charge on any atom is 0.166 e. The Morgan fingerprint density at radius 3 is 2.70 bits per heavy atom. The van der Waals surface area contributed by atoms with E-state index in [1.54, 1.807) is 12.4 Å². The summed E-state index contributed by atoms with van der Waals surface area (Å²) in [5.74, 6) is 1.39. The van der Waals surface area contributed by atoms with Gasteiger partial charge in [0.1, 0.15) is 18.0 Å². The van der Waals surface area contributed by atoms with Crippen LogP contribution in [0.1, 0.15) is 33.1 Å².